The van der Waals surface area contributed by atoms with E-state index in [-0.39, 0.29) is 6.42 Å². The van der Waals surface area contributed by atoms with Gasteiger partial charge in [0, 0.05) is 5.02 Å². The zero-order valence-electron chi connectivity index (χ0n) is 6.21. The molecule has 1 aromatic rings. The van der Waals surface area contributed by atoms with Crippen LogP contribution < -0.4 is 0 Å². The van der Waals surface area contributed by atoms with Crippen molar-refractivity contribution in [3.63, 3.8) is 0 Å². The molecule has 1 rings (SSSR count). The third-order valence-electron chi connectivity index (χ3n) is 1.45. The lowest BCUT2D eigenvalue weighted by atomic mass is 10.1. The lowest BCUT2D eigenvalue weighted by Gasteiger charge is -1.99. The number of hydrogen-bond acceptors (Lipinski definition) is 1. The van der Waals surface area contributed by atoms with Gasteiger partial charge >= 0.3 is 0 Å². The summed E-state index contributed by atoms with van der Waals surface area (Å²) in [6, 6.07) is 7.11. The minimum absolute atomic E-state index is 0.234. The van der Waals surface area contributed by atoms with Crippen molar-refractivity contribution in [1.29, 1.82) is 5.26 Å². The van der Waals surface area contributed by atoms with E-state index in [0.717, 1.165) is 0 Å². The van der Waals surface area contributed by atoms with Crippen LogP contribution in [0.5, 0.6) is 0 Å². The lowest BCUT2D eigenvalue weighted by molar-refractivity contribution is 1.27. The minimum atomic E-state index is 0.234. The molecule has 58 valence electrons. The van der Waals surface area contributed by atoms with Crippen LogP contribution in [0.2, 0.25) is 5.02 Å². The summed E-state index contributed by atoms with van der Waals surface area (Å²) in [6.45, 7) is 6.83. The van der Waals surface area contributed by atoms with Crippen molar-refractivity contribution in [3.05, 3.63) is 40.2 Å². The topological polar surface area (TPSA) is 28.1 Å². The van der Waals surface area contributed by atoms with Gasteiger partial charge in [-0.25, -0.2) is 4.85 Å². The second-order valence-corrected chi connectivity index (χ2v) is 2.60. The Labute approximate surface area is 75.8 Å². The molecule has 0 saturated carbocycles. The van der Waals surface area contributed by atoms with Crippen molar-refractivity contribution in [1.82, 2.24) is 0 Å². The Kier molecular flexibility index (Phi) is 2.69. The SMILES string of the molecule is [C-]#[N+]c1c(Cl)cccc1CC#N. The van der Waals surface area contributed by atoms with E-state index in [1.54, 1.807) is 18.2 Å². The molecule has 0 atom stereocenters. The van der Waals surface area contributed by atoms with Gasteiger partial charge in [0.1, 0.15) is 0 Å². The average molecular weight is 177 g/mol. The second-order valence-electron chi connectivity index (χ2n) is 2.19. The molecule has 0 fully saturated rings. The normalized spacial score (nSPS) is 8.58. The molecule has 0 bridgehead atoms. The summed E-state index contributed by atoms with van der Waals surface area (Å²) >= 11 is 5.74. The molecule has 1 aromatic carbocycles. The van der Waals surface area contributed by atoms with Gasteiger partial charge in [-0.15, -0.1) is 0 Å². The van der Waals surface area contributed by atoms with Crippen LogP contribution in [0.25, 0.3) is 4.85 Å². The van der Waals surface area contributed by atoms with Gasteiger partial charge in [0.15, 0.2) is 0 Å². The molecule has 0 saturated heterocycles. The first-order valence-electron chi connectivity index (χ1n) is 3.31. The van der Waals surface area contributed by atoms with E-state index in [1.807, 2.05) is 6.07 Å². The van der Waals surface area contributed by atoms with Crippen LogP contribution >= 0.6 is 11.6 Å². The Morgan fingerprint density at radius 1 is 1.58 bits per heavy atom. The quantitative estimate of drug-likeness (QED) is 0.605. The van der Waals surface area contributed by atoms with Crippen molar-refractivity contribution in [2.75, 3.05) is 0 Å². The van der Waals surface area contributed by atoms with E-state index in [0.29, 0.717) is 16.3 Å². The highest BCUT2D eigenvalue weighted by Gasteiger charge is 2.04. The molecular formula is C9H5ClN2. The molecule has 0 aromatic heterocycles. The zero-order valence-corrected chi connectivity index (χ0v) is 6.97. The van der Waals surface area contributed by atoms with E-state index in [4.69, 9.17) is 23.4 Å². The smallest absolute Gasteiger partial charge is 0.209 e. The predicted molar refractivity (Wildman–Crippen MR) is 47.0 cm³/mol. The van der Waals surface area contributed by atoms with Gasteiger partial charge in [-0.05, 0) is 5.56 Å². The number of hydrogen-bond donors (Lipinski definition) is 0. The van der Waals surface area contributed by atoms with Crippen LogP contribution in [-0.4, -0.2) is 0 Å². The Morgan fingerprint density at radius 3 is 2.92 bits per heavy atom. The summed E-state index contributed by atoms with van der Waals surface area (Å²) in [6.07, 6.45) is 0.234. The van der Waals surface area contributed by atoms with Crippen LogP contribution in [0.4, 0.5) is 5.69 Å². The van der Waals surface area contributed by atoms with E-state index < -0.39 is 0 Å². The van der Waals surface area contributed by atoms with Crippen LogP contribution in [0.3, 0.4) is 0 Å². The third kappa shape index (κ3) is 1.56. The Morgan fingerprint density at radius 2 is 2.33 bits per heavy atom. The van der Waals surface area contributed by atoms with Gasteiger partial charge in [-0.1, -0.05) is 29.8 Å². The first-order chi connectivity index (χ1) is 5.79. The fourth-order valence-electron chi connectivity index (χ4n) is 0.913. The van der Waals surface area contributed by atoms with Crippen molar-refractivity contribution in [2.45, 2.75) is 6.42 Å². The summed E-state index contributed by atoms with van der Waals surface area (Å²) in [7, 11) is 0. The molecular weight excluding hydrogens is 172 g/mol. The van der Waals surface area contributed by atoms with Crippen LogP contribution in [0, 0.1) is 17.9 Å². The number of nitrogens with zero attached hydrogens (tertiary/aromatic N) is 2. The van der Waals surface area contributed by atoms with Gasteiger partial charge < -0.3 is 0 Å². The molecule has 0 aliphatic heterocycles. The van der Waals surface area contributed by atoms with Crippen LogP contribution in [-0.2, 0) is 6.42 Å². The second kappa shape index (κ2) is 3.76. The van der Waals surface area contributed by atoms with Crippen molar-refractivity contribution in [2.24, 2.45) is 0 Å². The number of nitriles is 1. The molecule has 0 N–H and O–H groups in total. The maximum atomic E-state index is 8.43. The summed E-state index contributed by atoms with van der Waals surface area (Å²) in [5, 5.41) is 8.85. The standard InChI is InChI=1S/C9H5ClN2/c1-12-9-7(5-6-11)3-2-4-8(9)10/h2-4H,5H2. The highest BCUT2D eigenvalue weighted by Crippen LogP contribution is 2.28. The van der Waals surface area contributed by atoms with Gasteiger partial charge in [0.05, 0.1) is 19.1 Å². The monoisotopic (exact) mass is 176 g/mol. The third-order valence-corrected chi connectivity index (χ3v) is 1.76. The fourth-order valence-corrected chi connectivity index (χ4v) is 1.15. The highest BCUT2D eigenvalue weighted by molar-refractivity contribution is 6.33. The van der Waals surface area contributed by atoms with E-state index >= 15 is 0 Å². The van der Waals surface area contributed by atoms with Crippen molar-refractivity contribution in [3.8, 4) is 6.07 Å². The molecule has 0 amide bonds. The zero-order chi connectivity index (χ0) is 8.97. The van der Waals surface area contributed by atoms with Gasteiger partial charge in [-0.2, -0.15) is 5.26 Å². The number of para-hydroxylation sites is 1. The molecule has 0 unspecified atom stereocenters. The summed E-state index contributed by atoms with van der Waals surface area (Å²) < 4.78 is 0. The maximum absolute atomic E-state index is 8.43. The maximum Gasteiger partial charge on any atom is 0.209 e. The highest BCUT2D eigenvalue weighted by atomic mass is 35.5. The largest absolute Gasteiger partial charge is 0.236 e. The minimum Gasteiger partial charge on any atom is -0.236 e. The molecule has 12 heavy (non-hydrogen) atoms. The van der Waals surface area contributed by atoms with Crippen LogP contribution in [0.15, 0.2) is 18.2 Å². The summed E-state index contributed by atoms with van der Waals surface area (Å²) in [5.74, 6) is 0. The number of rotatable bonds is 1. The first kappa shape index (κ1) is 8.59. The predicted octanol–water partition coefficient (Wildman–Crippen LogP) is 2.96. The molecule has 0 radical (unpaired) electrons. The van der Waals surface area contributed by atoms with Crippen molar-refractivity contribution >= 4 is 17.3 Å². The first-order valence-corrected chi connectivity index (χ1v) is 3.69. The van der Waals surface area contributed by atoms with Crippen molar-refractivity contribution < 1.29 is 0 Å². The van der Waals surface area contributed by atoms with E-state index in [2.05, 4.69) is 4.85 Å². The Hall–Kier alpha value is -1.51. The Balaban J connectivity index is 3.23. The fraction of sp³-hybridized carbons (Fsp3) is 0.111. The van der Waals surface area contributed by atoms with Gasteiger partial charge in [-0.3, -0.25) is 0 Å². The van der Waals surface area contributed by atoms with Gasteiger partial charge in [0.25, 0.3) is 0 Å². The number of benzene rings is 1. The molecule has 3 heteroatoms. The molecule has 2 nitrogen and oxygen atoms in total. The summed E-state index contributed by atoms with van der Waals surface area (Å²) in [5.41, 5.74) is 1.08. The lowest BCUT2D eigenvalue weighted by Crippen LogP contribution is -1.81. The summed E-state index contributed by atoms with van der Waals surface area (Å²) in [4.78, 5) is 3.26. The Bertz CT molecular complexity index is 371. The average Bonchev–Trinajstić information content (AvgIpc) is 2.05. The van der Waals surface area contributed by atoms with E-state index in [9.17, 15) is 0 Å². The molecule has 0 spiro atoms. The van der Waals surface area contributed by atoms with Gasteiger partial charge in [0.2, 0.25) is 5.69 Å². The molecule has 0 aliphatic rings. The van der Waals surface area contributed by atoms with Crippen LogP contribution in [0.1, 0.15) is 5.56 Å². The number of halogens is 1. The molecule has 0 aliphatic carbocycles. The van der Waals surface area contributed by atoms with E-state index in [1.165, 1.54) is 0 Å². The molecule has 0 heterocycles.